The van der Waals surface area contributed by atoms with Crippen molar-refractivity contribution < 1.29 is 9.90 Å². The lowest BCUT2D eigenvalue weighted by Gasteiger charge is -2.14. The predicted molar refractivity (Wildman–Crippen MR) is 74.4 cm³/mol. The molecule has 2 rings (SSSR count). The first-order valence-electron chi connectivity index (χ1n) is 5.62. The molecule has 0 saturated heterocycles. The van der Waals surface area contributed by atoms with Crippen molar-refractivity contribution in [3.8, 4) is 0 Å². The van der Waals surface area contributed by atoms with Gasteiger partial charge in [-0.1, -0.05) is 18.2 Å². The number of carbonyl (C=O) groups excluding carboxylic acids is 1. The molecule has 0 fully saturated rings. The highest BCUT2D eigenvalue weighted by Crippen LogP contribution is 2.23. The van der Waals surface area contributed by atoms with Gasteiger partial charge in [0.1, 0.15) is 6.10 Å². The lowest BCUT2D eigenvalue weighted by Crippen LogP contribution is -2.12. The number of aliphatic hydroxyl groups is 1. The van der Waals surface area contributed by atoms with E-state index in [0.29, 0.717) is 10.4 Å². The molecule has 0 aliphatic carbocycles. The Labute approximate surface area is 110 Å². The van der Waals surface area contributed by atoms with Gasteiger partial charge in [-0.25, -0.2) is 0 Å². The molecule has 94 valence electrons. The monoisotopic (exact) mass is 261 g/mol. The second-order valence-electron chi connectivity index (χ2n) is 4.23. The van der Waals surface area contributed by atoms with Crippen molar-refractivity contribution in [1.29, 1.82) is 0 Å². The Morgan fingerprint density at radius 2 is 1.89 bits per heavy atom. The molecule has 0 amide bonds. The highest BCUT2D eigenvalue weighted by Gasteiger charge is 2.19. The van der Waals surface area contributed by atoms with Gasteiger partial charge in [0.2, 0.25) is 5.78 Å². The number of aliphatic hydroxyl groups excluding tert-OH is 1. The Morgan fingerprint density at radius 3 is 2.39 bits per heavy atom. The van der Waals surface area contributed by atoms with Gasteiger partial charge in [-0.05, 0) is 29.1 Å². The first-order chi connectivity index (χ1) is 8.59. The average molecular weight is 261 g/mol. The molecule has 2 aromatic rings. The van der Waals surface area contributed by atoms with Gasteiger partial charge in [-0.2, -0.15) is 0 Å². The normalized spacial score (nSPS) is 12.2. The number of Topliss-reactive ketones (excluding diaryl/α,β-unsaturated/α-hetero) is 1. The fraction of sp³-hybridized carbons (Fsp3) is 0.214. The molecule has 0 aliphatic rings. The first-order valence-corrected chi connectivity index (χ1v) is 6.50. The number of ketones is 1. The molecule has 0 unspecified atom stereocenters. The Balaban J connectivity index is 2.18. The van der Waals surface area contributed by atoms with Crippen LogP contribution >= 0.6 is 11.3 Å². The van der Waals surface area contributed by atoms with E-state index in [-0.39, 0.29) is 5.78 Å². The maximum absolute atomic E-state index is 12.0. The molecule has 1 heterocycles. The third-order valence-electron chi connectivity index (χ3n) is 2.74. The largest absolute Gasteiger partial charge is 0.380 e. The topological polar surface area (TPSA) is 40.5 Å². The third-order valence-corrected chi connectivity index (χ3v) is 3.62. The van der Waals surface area contributed by atoms with E-state index >= 15 is 0 Å². The highest BCUT2D eigenvalue weighted by atomic mass is 32.1. The number of nitrogens with zero attached hydrogens (tertiary/aromatic N) is 1. The number of anilines is 1. The SMILES string of the molecule is CN(C)c1ccc([C@@H](O)C(=O)c2cccs2)cc1. The second kappa shape index (κ2) is 5.33. The summed E-state index contributed by atoms with van der Waals surface area (Å²) in [6.45, 7) is 0. The lowest BCUT2D eigenvalue weighted by molar-refractivity contribution is 0.0752. The fourth-order valence-electron chi connectivity index (χ4n) is 1.66. The van der Waals surface area contributed by atoms with Crippen molar-refractivity contribution in [2.45, 2.75) is 6.10 Å². The van der Waals surface area contributed by atoms with Gasteiger partial charge in [0.25, 0.3) is 0 Å². The van der Waals surface area contributed by atoms with Crippen LogP contribution in [0, 0.1) is 0 Å². The lowest BCUT2D eigenvalue weighted by atomic mass is 10.0. The van der Waals surface area contributed by atoms with E-state index in [0.717, 1.165) is 5.69 Å². The number of thiophene rings is 1. The van der Waals surface area contributed by atoms with Crippen LogP contribution in [0.25, 0.3) is 0 Å². The number of hydrogen-bond acceptors (Lipinski definition) is 4. The summed E-state index contributed by atoms with van der Waals surface area (Å²) in [7, 11) is 3.89. The quantitative estimate of drug-likeness (QED) is 0.860. The molecule has 1 N–H and O–H groups in total. The van der Waals surface area contributed by atoms with Crippen molar-refractivity contribution in [3.63, 3.8) is 0 Å². The van der Waals surface area contributed by atoms with Crippen molar-refractivity contribution >= 4 is 22.8 Å². The zero-order chi connectivity index (χ0) is 13.1. The number of rotatable bonds is 4. The van der Waals surface area contributed by atoms with Crippen molar-refractivity contribution in [2.75, 3.05) is 19.0 Å². The summed E-state index contributed by atoms with van der Waals surface area (Å²) in [5.41, 5.74) is 1.66. The van der Waals surface area contributed by atoms with E-state index in [2.05, 4.69) is 0 Å². The van der Waals surface area contributed by atoms with Crippen LogP contribution < -0.4 is 4.90 Å². The predicted octanol–water partition coefficient (Wildman–Crippen LogP) is 2.73. The number of carbonyl (C=O) groups is 1. The summed E-state index contributed by atoms with van der Waals surface area (Å²) >= 11 is 1.34. The van der Waals surface area contributed by atoms with Crippen LogP contribution in [0.3, 0.4) is 0 Å². The molecular formula is C14H15NO2S. The molecule has 1 aromatic heterocycles. The summed E-state index contributed by atoms with van der Waals surface area (Å²) in [5.74, 6) is -0.248. The summed E-state index contributed by atoms with van der Waals surface area (Å²) in [6.07, 6.45) is -1.08. The molecule has 3 nitrogen and oxygen atoms in total. The van der Waals surface area contributed by atoms with Crippen LogP contribution in [0.4, 0.5) is 5.69 Å². The van der Waals surface area contributed by atoms with E-state index < -0.39 is 6.10 Å². The van der Waals surface area contributed by atoms with Gasteiger partial charge in [-0.3, -0.25) is 4.79 Å². The molecular weight excluding hydrogens is 246 g/mol. The van der Waals surface area contributed by atoms with Crippen molar-refractivity contribution in [3.05, 3.63) is 52.2 Å². The minimum atomic E-state index is -1.08. The van der Waals surface area contributed by atoms with Gasteiger partial charge in [0.05, 0.1) is 4.88 Å². The van der Waals surface area contributed by atoms with Gasteiger partial charge >= 0.3 is 0 Å². The highest BCUT2D eigenvalue weighted by molar-refractivity contribution is 7.12. The summed E-state index contributed by atoms with van der Waals surface area (Å²) in [5, 5.41) is 11.9. The molecule has 0 radical (unpaired) electrons. The van der Waals surface area contributed by atoms with Gasteiger partial charge < -0.3 is 10.0 Å². The second-order valence-corrected chi connectivity index (χ2v) is 5.18. The summed E-state index contributed by atoms with van der Waals surface area (Å²) in [4.78, 5) is 14.5. The maximum Gasteiger partial charge on any atom is 0.205 e. The van der Waals surface area contributed by atoms with Crippen LogP contribution in [0.15, 0.2) is 41.8 Å². The van der Waals surface area contributed by atoms with Crippen LogP contribution in [-0.2, 0) is 0 Å². The Kier molecular flexibility index (Phi) is 3.79. The Hall–Kier alpha value is -1.65. The third kappa shape index (κ3) is 2.60. The minimum Gasteiger partial charge on any atom is -0.380 e. The van der Waals surface area contributed by atoms with Crippen molar-refractivity contribution in [2.24, 2.45) is 0 Å². The van der Waals surface area contributed by atoms with Gasteiger partial charge in [0.15, 0.2) is 0 Å². The van der Waals surface area contributed by atoms with E-state index in [1.165, 1.54) is 11.3 Å². The van der Waals surface area contributed by atoms with E-state index in [9.17, 15) is 9.90 Å². The van der Waals surface area contributed by atoms with Crippen LogP contribution in [0.5, 0.6) is 0 Å². The zero-order valence-corrected chi connectivity index (χ0v) is 11.1. The number of hydrogen-bond donors (Lipinski definition) is 1. The van der Waals surface area contributed by atoms with Crippen LogP contribution in [-0.4, -0.2) is 25.0 Å². The van der Waals surface area contributed by atoms with E-state index in [4.69, 9.17) is 0 Å². The van der Waals surface area contributed by atoms with Crippen LogP contribution in [0.2, 0.25) is 0 Å². The Morgan fingerprint density at radius 1 is 1.22 bits per heavy atom. The fourth-order valence-corrected chi connectivity index (χ4v) is 2.35. The molecule has 1 atom stereocenters. The number of benzene rings is 1. The molecule has 4 heteroatoms. The first kappa shape index (κ1) is 12.8. The van der Waals surface area contributed by atoms with E-state index in [1.54, 1.807) is 24.3 Å². The molecule has 0 bridgehead atoms. The van der Waals surface area contributed by atoms with E-state index in [1.807, 2.05) is 36.5 Å². The zero-order valence-electron chi connectivity index (χ0n) is 10.3. The van der Waals surface area contributed by atoms with Gasteiger partial charge in [-0.15, -0.1) is 11.3 Å². The smallest absolute Gasteiger partial charge is 0.205 e. The maximum atomic E-state index is 12.0. The van der Waals surface area contributed by atoms with Crippen molar-refractivity contribution in [1.82, 2.24) is 0 Å². The molecule has 0 aliphatic heterocycles. The molecule has 0 saturated carbocycles. The minimum absolute atomic E-state index is 0.248. The summed E-state index contributed by atoms with van der Waals surface area (Å²) < 4.78 is 0. The van der Waals surface area contributed by atoms with Crippen LogP contribution in [0.1, 0.15) is 21.3 Å². The molecule has 0 spiro atoms. The molecule has 18 heavy (non-hydrogen) atoms. The standard InChI is InChI=1S/C14H15NO2S/c1-15(2)11-7-5-10(6-8-11)13(16)14(17)12-4-3-9-18-12/h3-9,13,16H,1-2H3/t13-/m1/s1. The molecule has 1 aromatic carbocycles. The Bertz CT molecular complexity index is 517. The van der Waals surface area contributed by atoms with Gasteiger partial charge in [0, 0.05) is 19.8 Å². The summed E-state index contributed by atoms with van der Waals surface area (Å²) in [6, 6.07) is 10.9. The average Bonchev–Trinajstić information content (AvgIpc) is 2.91.